The molecule has 2 amide bonds. The van der Waals surface area contributed by atoms with Crippen molar-refractivity contribution in [3.05, 3.63) is 107 Å². The Morgan fingerprint density at radius 1 is 0.914 bits per heavy atom. The highest BCUT2D eigenvalue weighted by Crippen LogP contribution is 2.24. The van der Waals surface area contributed by atoms with E-state index in [1.807, 2.05) is 97.9 Å². The van der Waals surface area contributed by atoms with Crippen LogP contribution in [0.5, 0.6) is 5.75 Å². The number of benzene rings is 3. The van der Waals surface area contributed by atoms with Crippen LogP contribution in [0.4, 0.5) is 15.6 Å². The quantitative estimate of drug-likeness (QED) is 0.299. The summed E-state index contributed by atoms with van der Waals surface area (Å²) in [6, 6.07) is 29.0. The van der Waals surface area contributed by atoms with Crippen molar-refractivity contribution in [1.82, 2.24) is 15.2 Å². The van der Waals surface area contributed by atoms with Crippen LogP contribution >= 0.6 is 11.3 Å². The molecule has 174 valence electrons. The smallest absolute Gasteiger partial charge is 0.328 e. The Balaban J connectivity index is 1.31. The van der Waals surface area contributed by atoms with E-state index in [1.54, 1.807) is 4.90 Å². The number of fused-ring (bicyclic) bond motifs is 1. The van der Waals surface area contributed by atoms with E-state index in [1.165, 1.54) is 11.3 Å². The van der Waals surface area contributed by atoms with Crippen LogP contribution < -0.4 is 15.0 Å². The molecule has 2 heterocycles. The van der Waals surface area contributed by atoms with E-state index >= 15 is 0 Å². The second-order valence-corrected chi connectivity index (χ2v) is 9.09. The van der Waals surface area contributed by atoms with Gasteiger partial charge in [-0.15, -0.1) is 10.2 Å². The third kappa shape index (κ3) is 5.62. The molecule has 0 saturated carbocycles. The molecule has 0 aliphatic rings. The molecule has 0 radical (unpaired) electrons. The maximum absolute atomic E-state index is 13.1. The molecule has 1 N–H and O–H groups in total. The minimum Gasteiger partial charge on any atom is -0.487 e. The van der Waals surface area contributed by atoms with Crippen molar-refractivity contribution in [2.45, 2.75) is 20.1 Å². The number of hydrogen-bond acceptors (Lipinski definition) is 6. The second kappa shape index (κ2) is 10.3. The number of nitrogens with zero attached hydrogens (tertiary/aromatic N) is 4. The Morgan fingerprint density at radius 3 is 2.46 bits per heavy atom. The lowest BCUT2D eigenvalue weighted by atomic mass is 10.2. The van der Waals surface area contributed by atoms with Crippen LogP contribution in [0.2, 0.25) is 0 Å². The van der Waals surface area contributed by atoms with Gasteiger partial charge >= 0.3 is 6.03 Å². The van der Waals surface area contributed by atoms with E-state index < -0.39 is 0 Å². The van der Waals surface area contributed by atoms with E-state index in [4.69, 9.17) is 4.74 Å². The summed E-state index contributed by atoms with van der Waals surface area (Å²) < 4.78 is 5.95. The minimum absolute atomic E-state index is 0.279. The number of carbonyl (C=O) groups excluding carboxylic acids is 1. The summed E-state index contributed by atoms with van der Waals surface area (Å²) in [6.45, 7) is 2.61. The van der Waals surface area contributed by atoms with Crippen LogP contribution in [0.15, 0.2) is 91.0 Å². The monoisotopic (exact) mass is 481 g/mol. The largest absolute Gasteiger partial charge is 0.487 e. The first-order valence-electron chi connectivity index (χ1n) is 11.1. The Morgan fingerprint density at radius 2 is 1.69 bits per heavy atom. The predicted molar refractivity (Wildman–Crippen MR) is 139 cm³/mol. The zero-order valence-corrected chi connectivity index (χ0v) is 19.9. The number of aromatic nitrogens is 3. The molecule has 5 rings (SSSR count). The molecule has 3 aromatic carbocycles. The summed E-state index contributed by atoms with van der Waals surface area (Å²) in [6.07, 6.45) is 0. The van der Waals surface area contributed by atoms with E-state index in [2.05, 4.69) is 20.5 Å². The molecule has 0 spiro atoms. The molecule has 5 aromatic rings. The predicted octanol–water partition coefficient (Wildman–Crippen LogP) is 6.21. The van der Waals surface area contributed by atoms with Gasteiger partial charge in [0.2, 0.25) is 5.13 Å². The maximum atomic E-state index is 13.1. The van der Waals surface area contributed by atoms with Crippen molar-refractivity contribution in [1.29, 1.82) is 0 Å². The molecule has 0 unspecified atom stereocenters. The summed E-state index contributed by atoms with van der Waals surface area (Å²) in [7, 11) is 0. The van der Waals surface area contributed by atoms with Crippen LogP contribution in [-0.4, -0.2) is 21.2 Å². The highest BCUT2D eigenvalue weighted by molar-refractivity contribution is 7.15. The van der Waals surface area contributed by atoms with E-state index in [9.17, 15) is 4.79 Å². The number of para-hydroxylation sites is 1. The lowest BCUT2D eigenvalue weighted by molar-refractivity contribution is 0.256. The first kappa shape index (κ1) is 22.5. The van der Waals surface area contributed by atoms with Gasteiger partial charge in [0, 0.05) is 11.1 Å². The standard InChI is InChI=1S/C27H23N5O2S/c1-19-30-31-26(35-19)29-27(33)32(17-20-7-3-2-4-8-20)23-13-15-24(16-14-23)34-18-22-12-11-21-9-5-6-10-25(21)28-22/h2-16H,17-18H2,1H3,(H,29,31,33). The van der Waals surface area contributed by atoms with Gasteiger partial charge in [0.25, 0.3) is 0 Å². The molecule has 8 heteroatoms. The fourth-order valence-electron chi connectivity index (χ4n) is 3.62. The lowest BCUT2D eigenvalue weighted by Crippen LogP contribution is -2.34. The van der Waals surface area contributed by atoms with E-state index in [-0.39, 0.29) is 6.03 Å². The van der Waals surface area contributed by atoms with Gasteiger partial charge in [-0.3, -0.25) is 10.2 Å². The summed E-state index contributed by atoms with van der Waals surface area (Å²) in [4.78, 5) is 19.5. The number of rotatable bonds is 7. The molecule has 0 bridgehead atoms. The van der Waals surface area contributed by atoms with Gasteiger partial charge < -0.3 is 4.74 Å². The van der Waals surface area contributed by atoms with Gasteiger partial charge in [0.1, 0.15) is 17.4 Å². The first-order chi connectivity index (χ1) is 17.1. The Labute approximate surface area is 207 Å². The van der Waals surface area contributed by atoms with Crippen molar-refractivity contribution in [3.63, 3.8) is 0 Å². The van der Waals surface area contributed by atoms with Crippen molar-refractivity contribution >= 4 is 39.1 Å². The van der Waals surface area contributed by atoms with Gasteiger partial charge in [-0.05, 0) is 48.9 Å². The van der Waals surface area contributed by atoms with Gasteiger partial charge in [0.05, 0.1) is 17.8 Å². The summed E-state index contributed by atoms with van der Waals surface area (Å²) in [5.74, 6) is 0.698. The van der Waals surface area contributed by atoms with Crippen LogP contribution in [0, 0.1) is 6.92 Å². The van der Waals surface area contributed by atoms with Crippen molar-refractivity contribution in [2.24, 2.45) is 0 Å². The van der Waals surface area contributed by atoms with Crippen molar-refractivity contribution in [3.8, 4) is 5.75 Å². The molecule has 0 saturated heterocycles. The van der Waals surface area contributed by atoms with Gasteiger partial charge in [0.15, 0.2) is 0 Å². The average molecular weight is 482 g/mol. The number of amides is 2. The zero-order chi connectivity index (χ0) is 24.0. The minimum atomic E-state index is -0.279. The average Bonchev–Trinajstić information content (AvgIpc) is 3.31. The number of hydrogen-bond donors (Lipinski definition) is 1. The fourth-order valence-corrected chi connectivity index (χ4v) is 4.20. The van der Waals surface area contributed by atoms with E-state index in [0.717, 1.165) is 32.9 Å². The Hall–Kier alpha value is -4.30. The van der Waals surface area contributed by atoms with Gasteiger partial charge in [-0.2, -0.15) is 0 Å². The third-order valence-corrected chi connectivity index (χ3v) is 6.11. The Bertz CT molecular complexity index is 1440. The van der Waals surface area contributed by atoms with Crippen molar-refractivity contribution < 1.29 is 9.53 Å². The lowest BCUT2D eigenvalue weighted by Gasteiger charge is -2.23. The number of carbonyl (C=O) groups is 1. The van der Waals surface area contributed by atoms with Crippen LogP contribution in [0.1, 0.15) is 16.3 Å². The maximum Gasteiger partial charge on any atom is 0.328 e. The normalized spacial score (nSPS) is 10.8. The van der Waals surface area contributed by atoms with Crippen LogP contribution in [0.3, 0.4) is 0 Å². The van der Waals surface area contributed by atoms with Crippen molar-refractivity contribution in [2.75, 3.05) is 10.2 Å². The number of nitrogens with one attached hydrogen (secondary N) is 1. The fraction of sp³-hybridized carbons (Fsp3) is 0.111. The number of aryl methyl sites for hydroxylation is 1. The first-order valence-corrected chi connectivity index (χ1v) is 12.0. The molecule has 7 nitrogen and oxygen atoms in total. The molecule has 0 atom stereocenters. The highest BCUT2D eigenvalue weighted by atomic mass is 32.1. The molecular formula is C27H23N5O2S. The van der Waals surface area contributed by atoms with Crippen LogP contribution in [0.25, 0.3) is 10.9 Å². The number of anilines is 2. The topological polar surface area (TPSA) is 80.2 Å². The molecular weight excluding hydrogens is 458 g/mol. The summed E-state index contributed by atoms with van der Waals surface area (Å²) in [5, 5.41) is 13.2. The van der Waals surface area contributed by atoms with Crippen LogP contribution in [-0.2, 0) is 13.2 Å². The zero-order valence-electron chi connectivity index (χ0n) is 19.1. The summed E-state index contributed by atoms with van der Waals surface area (Å²) in [5.41, 5.74) is 3.55. The molecule has 0 aliphatic heterocycles. The summed E-state index contributed by atoms with van der Waals surface area (Å²) >= 11 is 1.34. The molecule has 0 fully saturated rings. The number of urea groups is 1. The van der Waals surface area contributed by atoms with Gasteiger partial charge in [-0.1, -0.05) is 65.9 Å². The molecule has 2 aromatic heterocycles. The highest BCUT2D eigenvalue weighted by Gasteiger charge is 2.18. The third-order valence-electron chi connectivity index (χ3n) is 5.36. The number of ether oxygens (including phenoxy) is 1. The second-order valence-electron chi connectivity index (χ2n) is 7.91. The SMILES string of the molecule is Cc1nnc(NC(=O)N(Cc2ccccc2)c2ccc(OCc3ccc4ccccc4n3)cc2)s1. The molecule has 35 heavy (non-hydrogen) atoms. The van der Waals surface area contributed by atoms with E-state index in [0.29, 0.717) is 24.0 Å². The molecule has 0 aliphatic carbocycles. The number of pyridine rings is 1. The Kier molecular flexibility index (Phi) is 6.63. The van der Waals surface area contributed by atoms with Gasteiger partial charge in [-0.25, -0.2) is 9.78 Å².